The number of carbonyl (C=O) groups is 1. The quantitative estimate of drug-likeness (QED) is 0.446. The van der Waals surface area contributed by atoms with E-state index in [1.165, 1.54) is 0 Å². The van der Waals surface area contributed by atoms with Gasteiger partial charge in [-0.05, 0) is 42.5 Å². The number of halogens is 1. The van der Waals surface area contributed by atoms with E-state index in [-0.39, 0.29) is 5.91 Å². The summed E-state index contributed by atoms with van der Waals surface area (Å²) < 4.78 is 2.49. The van der Waals surface area contributed by atoms with Gasteiger partial charge < -0.3 is 0 Å². The molecule has 1 saturated carbocycles. The Bertz CT molecular complexity index is 1150. The van der Waals surface area contributed by atoms with Crippen LogP contribution in [0.25, 0.3) is 22.2 Å². The fraction of sp³-hybridized carbons (Fsp3) is 0.136. The molecule has 1 aliphatic rings. The number of pyridine rings is 1. The number of nitrogens with zero attached hydrogens (tertiary/aromatic N) is 3. The molecule has 1 fully saturated rings. The molecule has 4 nitrogen and oxygen atoms in total. The molecule has 5 heteroatoms. The van der Waals surface area contributed by atoms with Crippen LogP contribution in [0.1, 0.15) is 34.7 Å². The highest BCUT2D eigenvalue weighted by atomic mass is 79.9. The molecule has 0 amide bonds. The normalized spacial score (nSPS) is 13.8. The molecule has 0 atom stereocenters. The van der Waals surface area contributed by atoms with Gasteiger partial charge in [-0.25, -0.2) is 9.97 Å². The van der Waals surface area contributed by atoms with Crippen LogP contribution in [0.15, 0.2) is 71.7 Å². The van der Waals surface area contributed by atoms with E-state index in [0.717, 1.165) is 50.6 Å². The molecule has 0 bridgehead atoms. The van der Waals surface area contributed by atoms with Crippen molar-refractivity contribution in [1.29, 1.82) is 0 Å². The number of benzene rings is 2. The second-order valence-electron chi connectivity index (χ2n) is 6.83. The molecule has 4 aromatic rings. The Balaban J connectivity index is 1.88. The highest BCUT2D eigenvalue weighted by molar-refractivity contribution is 9.10. The topological polar surface area (TPSA) is 47.8 Å². The van der Waals surface area contributed by atoms with Gasteiger partial charge in [0, 0.05) is 27.8 Å². The van der Waals surface area contributed by atoms with Crippen LogP contribution in [0.3, 0.4) is 0 Å². The summed E-state index contributed by atoms with van der Waals surface area (Å²) in [5.74, 6) is 0.315. The van der Waals surface area contributed by atoms with Crippen molar-refractivity contribution in [3.63, 3.8) is 0 Å². The second kappa shape index (κ2) is 6.43. The van der Waals surface area contributed by atoms with Crippen molar-refractivity contribution in [3.8, 4) is 11.3 Å². The molecule has 2 heterocycles. The fourth-order valence-corrected chi connectivity index (χ4v) is 3.94. The largest absolute Gasteiger partial charge is 0.272 e. The van der Waals surface area contributed by atoms with E-state index >= 15 is 0 Å². The molecule has 0 aliphatic heterocycles. The third-order valence-corrected chi connectivity index (χ3v) is 5.46. The molecule has 132 valence electrons. The first-order valence-electron chi connectivity index (χ1n) is 8.93. The van der Waals surface area contributed by atoms with Gasteiger partial charge in [-0.1, -0.05) is 46.3 Å². The highest BCUT2D eigenvalue weighted by Crippen LogP contribution is 2.47. The number of fused-ring (bicyclic) bond motifs is 1. The van der Waals surface area contributed by atoms with Crippen molar-refractivity contribution in [2.45, 2.75) is 18.8 Å². The minimum atomic E-state index is -0.0583. The number of aromatic nitrogens is 3. The Morgan fingerprint density at radius 1 is 1.11 bits per heavy atom. The van der Waals surface area contributed by atoms with Crippen molar-refractivity contribution in [3.05, 3.63) is 82.9 Å². The number of rotatable bonds is 3. The molecule has 27 heavy (non-hydrogen) atoms. The lowest BCUT2D eigenvalue weighted by molar-refractivity contribution is 0.0960. The van der Waals surface area contributed by atoms with Crippen LogP contribution < -0.4 is 0 Å². The van der Waals surface area contributed by atoms with Crippen molar-refractivity contribution in [1.82, 2.24) is 14.5 Å². The van der Waals surface area contributed by atoms with Gasteiger partial charge in [0.15, 0.2) is 0 Å². The minimum absolute atomic E-state index is 0.0583. The Kier molecular flexibility index (Phi) is 3.90. The Morgan fingerprint density at radius 2 is 1.93 bits per heavy atom. The first-order chi connectivity index (χ1) is 13.2. The van der Waals surface area contributed by atoms with Crippen LogP contribution >= 0.6 is 15.9 Å². The smallest absolute Gasteiger partial charge is 0.264 e. The van der Waals surface area contributed by atoms with Gasteiger partial charge in [-0.2, -0.15) is 0 Å². The second-order valence-corrected chi connectivity index (χ2v) is 7.74. The van der Waals surface area contributed by atoms with E-state index in [1.54, 1.807) is 23.3 Å². The number of hydrogen-bond acceptors (Lipinski definition) is 3. The maximum absolute atomic E-state index is 13.4. The molecule has 0 N–H and O–H groups in total. The van der Waals surface area contributed by atoms with Crippen LogP contribution in [0.4, 0.5) is 0 Å². The maximum atomic E-state index is 13.4. The lowest BCUT2D eigenvalue weighted by Gasteiger charge is -2.17. The first kappa shape index (κ1) is 16.4. The molecular formula is C22H16BrN3O. The molecule has 0 spiro atoms. The zero-order chi connectivity index (χ0) is 18.4. The standard InChI is InChI=1S/C22H16BrN3O/c23-16-8-9-18-17(12-16)20(22(27)26-11-10-24-13-26)19(14-6-7-14)21(25-18)15-4-2-1-3-5-15/h1-5,8-14H,6-7H2. The predicted molar refractivity (Wildman–Crippen MR) is 109 cm³/mol. The lowest BCUT2D eigenvalue weighted by atomic mass is 9.93. The van der Waals surface area contributed by atoms with E-state index < -0.39 is 0 Å². The Hall–Kier alpha value is -2.79. The van der Waals surface area contributed by atoms with E-state index in [2.05, 4.69) is 33.0 Å². The monoisotopic (exact) mass is 417 g/mol. The van der Waals surface area contributed by atoms with Gasteiger partial charge in [-0.3, -0.25) is 9.36 Å². The molecular weight excluding hydrogens is 402 g/mol. The van der Waals surface area contributed by atoms with Crippen molar-refractivity contribution >= 4 is 32.7 Å². The van der Waals surface area contributed by atoms with E-state index in [1.807, 2.05) is 36.4 Å². The van der Waals surface area contributed by atoms with Gasteiger partial charge in [0.2, 0.25) is 0 Å². The summed E-state index contributed by atoms with van der Waals surface area (Å²) in [6.45, 7) is 0. The summed E-state index contributed by atoms with van der Waals surface area (Å²) in [4.78, 5) is 22.5. The lowest BCUT2D eigenvalue weighted by Crippen LogP contribution is -2.15. The average molecular weight is 418 g/mol. The van der Waals surface area contributed by atoms with Crippen LogP contribution in [0.2, 0.25) is 0 Å². The average Bonchev–Trinajstić information content (AvgIpc) is 3.39. The van der Waals surface area contributed by atoms with E-state index in [0.29, 0.717) is 5.92 Å². The van der Waals surface area contributed by atoms with Crippen LogP contribution in [-0.2, 0) is 0 Å². The maximum Gasteiger partial charge on any atom is 0.264 e. The third-order valence-electron chi connectivity index (χ3n) is 4.97. The summed E-state index contributed by atoms with van der Waals surface area (Å²) in [5.41, 5.74) is 4.58. The molecule has 0 saturated heterocycles. The molecule has 0 radical (unpaired) electrons. The zero-order valence-electron chi connectivity index (χ0n) is 14.5. The predicted octanol–water partition coefficient (Wildman–Crippen LogP) is 5.43. The summed E-state index contributed by atoms with van der Waals surface area (Å²) >= 11 is 3.55. The molecule has 1 aliphatic carbocycles. The number of imidazole rings is 1. The minimum Gasteiger partial charge on any atom is -0.272 e. The SMILES string of the molecule is O=C(c1c(C2CC2)c(-c2ccccc2)nc2ccc(Br)cc12)n1ccnc1. The van der Waals surface area contributed by atoms with Gasteiger partial charge in [0.25, 0.3) is 5.91 Å². The van der Waals surface area contributed by atoms with Crippen LogP contribution in [0, 0.1) is 0 Å². The van der Waals surface area contributed by atoms with Crippen molar-refractivity contribution in [2.75, 3.05) is 0 Å². The van der Waals surface area contributed by atoms with E-state index in [9.17, 15) is 4.79 Å². The van der Waals surface area contributed by atoms with Gasteiger partial charge in [0.05, 0.1) is 16.8 Å². The molecule has 0 unspecified atom stereocenters. The Morgan fingerprint density at radius 3 is 2.63 bits per heavy atom. The van der Waals surface area contributed by atoms with Crippen LogP contribution in [-0.4, -0.2) is 20.4 Å². The summed E-state index contributed by atoms with van der Waals surface area (Å²) in [6, 6.07) is 16.1. The first-order valence-corrected chi connectivity index (χ1v) is 9.73. The highest BCUT2D eigenvalue weighted by Gasteiger charge is 2.33. The van der Waals surface area contributed by atoms with Gasteiger partial charge >= 0.3 is 0 Å². The van der Waals surface area contributed by atoms with Gasteiger partial charge in [-0.15, -0.1) is 0 Å². The van der Waals surface area contributed by atoms with Gasteiger partial charge in [0.1, 0.15) is 6.33 Å². The van der Waals surface area contributed by atoms with Crippen molar-refractivity contribution < 1.29 is 4.79 Å². The number of hydrogen-bond donors (Lipinski definition) is 0. The third kappa shape index (κ3) is 2.88. The summed E-state index contributed by atoms with van der Waals surface area (Å²) in [6.07, 6.45) is 7.07. The van der Waals surface area contributed by atoms with Crippen molar-refractivity contribution in [2.24, 2.45) is 0 Å². The Labute approximate surface area is 165 Å². The zero-order valence-corrected chi connectivity index (χ0v) is 16.1. The van der Waals surface area contributed by atoms with Crippen LogP contribution in [0.5, 0.6) is 0 Å². The fourth-order valence-electron chi connectivity index (χ4n) is 3.57. The molecule has 2 aromatic carbocycles. The number of carbonyl (C=O) groups excluding carboxylic acids is 1. The van der Waals surface area contributed by atoms with E-state index in [4.69, 9.17) is 4.98 Å². The summed E-state index contributed by atoms with van der Waals surface area (Å²) in [5, 5.41) is 0.879. The molecule has 2 aromatic heterocycles. The summed E-state index contributed by atoms with van der Waals surface area (Å²) in [7, 11) is 0. The molecule has 5 rings (SSSR count).